The van der Waals surface area contributed by atoms with Gasteiger partial charge in [0.05, 0.1) is 7.11 Å². The Morgan fingerprint density at radius 3 is 2.50 bits per heavy atom. The van der Waals surface area contributed by atoms with E-state index in [1.54, 1.807) is 0 Å². The van der Waals surface area contributed by atoms with Gasteiger partial charge in [-0.2, -0.15) is 0 Å². The van der Waals surface area contributed by atoms with Gasteiger partial charge in [0.25, 0.3) is 5.91 Å². The molecule has 0 heterocycles. The Balaban J connectivity index is 2.19. The predicted molar refractivity (Wildman–Crippen MR) is 90.0 cm³/mol. The van der Waals surface area contributed by atoms with Crippen molar-refractivity contribution in [2.24, 2.45) is 5.84 Å². The van der Waals surface area contributed by atoms with Crippen molar-refractivity contribution in [1.82, 2.24) is 10.1 Å². The lowest BCUT2D eigenvalue weighted by Gasteiger charge is -2.12. The van der Waals surface area contributed by atoms with E-state index in [9.17, 15) is 13.2 Å². The molecule has 0 spiro atoms. The van der Waals surface area contributed by atoms with Crippen LogP contribution >= 0.6 is 0 Å². The van der Waals surface area contributed by atoms with E-state index in [-0.39, 0.29) is 22.8 Å². The number of hydrogen-bond donors (Lipinski definition) is 3. The SMILES string of the molecule is COc1ccc(C(=O)NN)cc1S(=O)(=O)NCCc1ccccc1. The number of carbonyl (C=O) groups is 1. The van der Waals surface area contributed by atoms with E-state index in [0.29, 0.717) is 6.42 Å². The molecule has 0 aliphatic heterocycles. The Hall–Kier alpha value is -2.42. The van der Waals surface area contributed by atoms with Crippen molar-refractivity contribution in [1.29, 1.82) is 0 Å². The fourth-order valence-corrected chi connectivity index (χ4v) is 3.39. The molecule has 4 N–H and O–H groups in total. The Morgan fingerprint density at radius 2 is 1.88 bits per heavy atom. The Morgan fingerprint density at radius 1 is 1.17 bits per heavy atom. The fourth-order valence-electron chi connectivity index (χ4n) is 2.16. The summed E-state index contributed by atoms with van der Waals surface area (Å²) in [6.07, 6.45) is 0.547. The highest BCUT2D eigenvalue weighted by Gasteiger charge is 2.21. The third-order valence-electron chi connectivity index (χ3n) is 3.40. The number of carbonyl (C=O) groups excluding carboxylic acids is 1. The van der Waals surface area contributed by atoms with E-state index in [0.717, 1.165) is 5.56 Å². The molecule has 0 aromatic heterocycles. The number of methoxy groups -OCH3 is 1. The molecule has 2 aromatic carbocycles. The van der Waals surface area contributed by atoms with Gasteiger partial charge in [0.1, 0.15) is 10.6 Å². The van der Waals surface area contributed by atoms with E-state index in [4.69, 9.17) is 10.6 Å². The van der Waals surface area contributed by atoms with E-state index in [2.05, 4.69) is 4.72 Å². The Kier molecular flexibility index (Phi) is 5.91. The maximum absolute atomic E-state index is 12.5. The number of hydrazine groups is 1. The maximum Gasteiger partial charge on any atom is 0.265 e. The summed E-state index contributed by atoms with van der Waals surface area (Å²) in [7, 11) is -2.47. The van der Waals surface area contributed by atoms with E-state index in [1.165, 1.54) is 25.3 Å². The number of amides is 1. The zero-order valence-corrected chi connectivity index (χ0v) is 14.0. The molecule has 0 fully saturated rings. The molecule has 2 rings (SSSR count). The van der Waals surface area contributed by atoms with Crippen LogP contribution in [0.4, 0.5) is 0 Å². The smallest absolute Gasteiger partial charge is 0.265 e. The molecule has 8 heteroatoms. The molecule has 7 nitrogen and oxygen atoms in total. The van der Waals surface area contributed by atoms with E-state index in [1.807, 2.05) is 35.8 Å². The highest BCUT2D eigenvalue weighted by atomic mass is 32.2. The number of nitrogens with two attached hydrogens (primary N) is 1. The number of ether oxygens (including phenoxy) is 1. The quantitative estimate of drug-likeness (QED) is 0.389. The summed E-state index contributed by atoms with van der Waals surface area (Å²) in [5, 5.41) is 0. The molecule has 0 aliphatic rings. The summed E-state index contributed by atoms with van der Waals surface area (Å²) in [5.74, 6) is 4.65. The molecule has 0 radical (unpaired) electrons. The number of hydrogen-bond acceptors (Lipinski definition) is 5. The lowest BCUT2D eigenvalue weighted by atomic mass is 10.2. The van der Waals surface area contributed by atoms with Crippen LogP contribution in [-0.4, -0.2) is 28.0 Å². The average molecular weight is 349 g/mol. The first-order valence-corrected chi connectivity index (χ1v) is 8.69. The van der Waals surface area contributed by atoms with Gasteiger partial charge in [-0.25, -0.2) is 19.0 Å². The van der Waals surface area contributed by atoms with E-state index < -0.39 is 15.9 Å². The van der Waals surface area contributed by atoms with Crippen LogP contribution in [0.2, 0.25) is 0 Å². The minimum absolute atomic E-state index is 0.112. The number of nitrogen functional groups attached to an aromatic ring is 1. The summed E-state index contributed by atoms with van der Waals surface area (Å²) in [4.78, 5) is 11.5. The molecule has 0 bridgehead atoms. The molecule has 0 saturated heterocycles. The average Bonchev–Trinajstić information content (AvgIpc) is 2.61. The van der Waals surface area contributed by atoms with Gasteiger partial charge in [-0.05, 0) is 30.2 Å². The Bertz CT molecular complexity index is 807. The summed E-state index contributed by atoms with van der Waals surface area (Å²) in [6, 6.07) is 13.6. The van der Waals surface area contributed by atoms with Crippen molar-refractivity contribution in [2.75, 3.05) is 13.7 Å². The normalized spacial score (nSPS) is 11.1. The van der Waals surface area contributed by atoms with Crippen LogP contribution in [0.25, 0.3) is 0 Å². The van der Waals surface area contributed by atoms with Crippen LogP contribution in [0.3, 0.4) is 0 Å². The van der Waals surface area contributed by atoms with Gasteiger partial charge in [-0.3, -0.25) is 10.2 Å². The van der Waals surface area contributed by atoms with Gasteiger partial charge in [-0.1, -0.05) is 30.3 Å². The highest BCUT2D eigenvalue weighted by Crippen LogP contribution is 2.24. The molecule has 0 aliphatic carbocycles. The number of benzene rings is 2. The molecule has 128 valence electrons. The summed E-state index contributed by atoms with van der Waals surface area (Å²) in [6.45, 7) is 0.225. The second kappa shape index (κ2) is 7.91. The van der Waals surface area contributed by atoms with Crippen LogP contribution in [-0.2, 0) is 16.4 Å². The zero-order valence-electron chi connectivity index (χ0n) is 13.2. The van der Waals surface area contributed by atoms with Crippen molar-refractivity contribution < 1.29 is 17.9 Å². The monoisotopic (exact) mass is 349 g/mol. The van der Waals surface area contributed by atoms with Crippen LogP contribution in [0, 0.1) is 0 Å². The van der Waals surface area contributed by atoms with Crippen molar-refractivity contribution >= 4 is 15.9 Å². The summed E-state index contributed by atoms with van der Waals surface area (Å²) >= 11 is 0. The van der Waals surface area contributed by atoms with Crippen LogP contribution in [0.1, 0.15) is 15.9 Å². The van der Waals surface area contributed by atoms with Gasteiger partial charge in [0.15, 0.2) is 0 Å². The predicted octanol–water partition coefficient (Wildman–Crippen LogP) is 0.820. The topological polar surface area (TPSA) is 111 Å². The van der Waals surface area contributed by atoms with Crippen LogP contribution in [0.5, 0.6) is 5.75 Å². The third kappa shape index (κ3) is 4.31. The molecule has 0 unspecified atom stereocenters. The molecule has 2 aromatic rings. The van der Waals surface area contributed by atoms with Crippen LogP contribution < -0.4 is 20.7 Å². The summed E-state index contributed by atoms with van der Waals surface area (Å²) in [5.41, 5.74) is 3.11. The minimum atomic E-state index is -3.83. The van der Waals surface area contributed by atoms with Gasteiger partial charge in [0, 0.05) is 12.1 Å². The second-order valence-corrected chi connectivity index (χ2v) is 6.71. The van der Waals surface area contributed by atoms with Gasteiger partial charge >= 0.3 is 0 Å². The number of rotatable bonds is 7. The number of nitrogens with one attached hydrogen (secondary N) is 2. The lowest BCUT2D eigenvalue weighted by molar-refractivity contribution is 0.0953. The van der Waals surface area contributed by atoms with Gasteiger partial charge < -0.3 is 4.74 Å². The molecule has 0 saturated carbocycles. The zero-order chi connectivity index (χ0) is 17.6. The molecule has 0 atom stereocenters. The van der Waals surface area contributed by atoms with Crippen LogP contribution in [0.15, 0.2) is 53.4 Å². The standard InChI is InChI=1S/C16H19N3O4S/c1-23-14-8-7-13(16(20)19-17)11-15(14)24(21,22)18-10-9-12-5-3-2-4-6-12/h2-8,11,18H,9-10,17H2,1H3,(H,19,20). The Labute approximate surface area is 140 Å². The highest BCUT2D eigenvalue weighted by molar-refractivity contribution is 7.89. The fraction of sp³-hybridized carbons (Fsp3) is 0.188. The van der Waals surface area contributed by atoms with Crippen molar-refractivity contribution in [3.8, 4) is 5.75 Å². The lowest BCUT2D eigenvalue weighted by Crippen LogP contribution is -2.31. The maximum atomic E-state index is 12.5. The molecule has 1 amide bonds. The first-order valence-electron chi connectivity index (χ1n) is 7.20. The number of sulfonamides is 1. The van der Waals surface area contributed by atoms with Gasteiger partial charge in [0.2, 0.25) is 10.0 Å². The first kappa shape index (κ1) is 17.9. The first-order chi connectivity index (χ1) is 11.5. The van der Waals surface area contributed by atoms with E-state index >= 15 is 0 Å². The third-order valence-corrected chi connectivity index (χ3v) is 4.88. The molecule has 24 heavy (non-hydrogen) atoms. The molecular weight excluding hydrogens is 330 g/mol. The minimum Gasteiger partial charge on any atom is -0.495 e. The molecular formula is C16H19N3O4S. The van der Waals surface area contributed by atoms with Crippen molar-refractivity contribution in [3.63, 3.8) is 0 Å². The van der Waals surface area contributed by atoms with Gasteiger partial charge in [-0.15, -0.1) is 0 Å². The second-order valence-electron chi connectivity index (χ2n) is 4.97. The van der Waals surface area contributed by atoms with Crippen molar-refractivity contribution in [3.05, 3.63) is 59.7 Å². The summed E-state index contributed by atoms with van der Waals surface area (Å²) < 4.78 is 32.6. The van der Waals surface area contributed by atoms with Crippen molar-refractivity contribution in [2.45, 2.75) is 11.3 Å². The largest absolute Gasteiger partial charge is 0.495 e.